The van der Waals surface area contributed by atoms with Gasteiger partial charge in [0.2, 0.25) is 5.91 Å². The lowest BCUT2D eigenvalue weighted by atomic mass is 10.0. The molecule has 2 atom stereocenters. The lowest BCUT2D eigenvalue weighted by Gasteiger charge is -2.18. The minimum atomic E-state index is -0.580. The van der Waals surface area contributed by atoms with Gasteiger partial charge in [-0.25, -0.2) is 0 Å². The molecule has 4 nitrogen and oxygen atoms in total. The number of carbonyl (C=O) groups excluding carboxylic acids is 1. The van der Waals surface area contributed by atoms with Gasteiger partial charge in [0.25, 0.3) is 0 Å². The molecule has 0 aliphatic rings. The number of amides is 1. The molecule has 2 rings (SSSR count). The second kappa shape index (κ2) is 8.34. The molecule has 23 heavy (non-hydrogen) atoms. The van der Waals surface area contributed by atoms with Crippen molar-refractivity contribution < 1.29 is 14.6 Å². The summed E-state index contributed by atoms with van der Waals surface area (Å²) in [6.07, 6.45) is 0.194. The van der Waals surface area contributed by atoms with Gasteiger partial charge in [-0.3, -0.25) is 4.79 Å². The predicted molar refractivity (Wildman–Crippen MR) is 90.3 cm³/mol. The summed E-state index contributed by atoms with van der Waals surface area (Å²) in [5, 5.41) is 13.1. The highest BCUT2D eigenvalue weighted by Gasteiger charge is 2.14. The van der Waals surface area contributed by atoms with Crippen LogP contribution in [0, 0.1) is 0 Å². The molecule has 4 heteroatoms. The molecule has 2 aromatic carbocycles. The van der Waals surface area contributed by atoms with Crippen molar-refractivity contribution in [3.8, 4) is 5.75 Å². The van der Waals surface area contributed by atoms with Gasteiger partial charge < -0.3 is 15.2 Å². The molecule has 1 amide bonds. The zero-order valence-corrected chi connectivity index (χ0v) is 13.5. The number of methoxy groups -OCH3 is 1. The third-order valence-electron chi connectivity index (χ3n) is 3.67. The standard InChI is InChI=1S/C19H23NO3/c1-14(11-18(21)16-8-4-3-5-9-16)20-19(22)13-15-7-6-10-17(12-15)23-2/h3-10,12,14,18,21H,11,13H2,1-2H3,(H,20,22)/t14-,18+/m0/s1. The van der Waals surface area contributed by atoms with E-state index in [0.717, 1.165) is 16.9 Å². The van der Waals surface area contributed by atoms with E-state index in [2.05, 4.69) is 5.32 Å². The Morgan fingerprint density at radius 1 is 1.17 bits per heavy atom. The Bertz CT molecular complexity index is 628. The molecule has 122 valence electrons. The molecule has 2 aromatic rings. The molecule has 0 unspecified atom stereocenters. The van der Waals surface area contributed by atoms with Crippen molar-refractivity contribution >= 4 is 5.91 Å². The van der Waals surface area contributed by atoms with Gasteiger partial charge >= 0.3 is 0 Å². The first kappa shape index (κ1) is 17.0. The van der Waals surface area contributed by atoms with Crippen molar-refractivity contribution in [3.05, 3.63) is 65.7 Å². The molecule has 0 bridgehead atoms. The number of ether oxygens (including phenoxy) is 1. The summed E-state index contributed by atoms with van der Waals surface area (Å²) in [5.74, 6) is 0.675. The van der Waals surface area contributed by atoms with Gasteiger partial charge in [0, 0.05) is 6.04 Å². The van der Waals surface area contributed by atoms with E-state index < -0.39 is 6.10 Å². The van der Waals surface area contributed by atoms with Gasteiger partial charge in [-0.1, -0.05) is 42.5 Å². The average Bonchev–Trinajstić information content (AvgIpc) is 2.55. The lowest BCUT2D eigenvalue weighted by molar-refractivity contribution is -0.121. The number of benzene rings is 2. The molecule has 0 spiro atoms. The van der Waals surface area contributed by atoms with E-state index >= 15 is 0 Å². The van der Waals surface area contributed by atoms with Crippen LogP contribution in [0.3, 0.4) is 0 Å². The van der Waals surface area contributed by atoms with E-state index in [1.165, 1.54) is 0 Å². The smallest absolute Gasteiger partial charge is 0.224 e. The summed E-state index contributed by atoms with van der Waals surface area (Å²) in [7, 11) is 1.60. The van der Waals surface area contributed by atoms with Crippen LogP contribution < -0.4 is 10.1 Å². The largest absolute Gasteiger partial charge is 0.497 e. The first-order chi connectivity index (χ1) is 11.1. The first-order valence-electron chi connectivity index (χ1n) is 7.74. The Morgan fingerprint density at radius 2 is 1.91 bits per heavy atom. The number of hydrogen-bond donors (Lipinski definition) is 2. The first-order valence-corrected chi connectivity index (χ1v) is 7.74. The van der Waals surface area contributed by atoms with Crippen molar-refractivity contribution in [2.75, 3.05) is 7.11 Å². The van der Waals surface area contributed by atoms with E-state index in [4.69, 9.17) is 4.74 Å². The Kier molecular flexibility index (Phi) is 6.18. The number of carbonyl (C=O) groups is 1. The van der Waals surface area contributed by atoms with Crippen LogP contribution in [0.25, 0.3) is 0 Å². The highest BCUT2D eigenvalue weighted by Crippen LogP contribution is 2.18. The molecule has 0 saturated carbocycles. The third kappa shape index (κ3) is 5.42. The quantitative estimate of drug-likeness (QED) is 0.826. The number of rotatable bonds is 7. The van der Waals surface area contributed by atoms with Crippen LogP contribution in [-0.2, 0) is 11.2 Å². The Balaban J connectivity index is 1.84. The monoisotopic (exact) mass is 313 g/mol. The maximum absolute atomic E-state index is 12.1. The fraction of sp³-hybridized carbons (Fsp3) is 0.316. The van der Waals surface area contributed by atoms with Gasteiger partial charge in [0.1, 0.15) is 5.75 Å². The number of hydrogen-bond acceptors (Lipinski definition) is 3. The molecule has 2 N–H and O–H groups in total. The maximum Gasteiger partial charge on any atom is 0.224 e. The minimum absolute atomic E-state index is 0.0639. The third-order valence-corrected chi connectivity index (χ3v) is 3.67. The van der Waals surface area contributed by atoms with Crippen LogP contribution in [0.2, 0.25) is 0 Å². The number of aliphatic hydroxyl groups excluding tert-OH is 1. The zero-order valence-electron chi connectivity index (χ0n) is 13.5. The van der Waals surface area contributed by atoms with E-state index in [1.807, 2.05) is 61.5 Å². The molecule has 0 radical (unpaired) electrons. The fourth-order valence-corrected chi connectivity index (χ4v) is 2.50. The Hall–Kier alpha value is -2.33. The van der Waals surface area contributed by atoms with Crippen molar-refractivity contribution in [1.82, 2.24) is 5.32 Å². The van der Waals surface area contributed by atoms with E-state index in [1.54, 1.807) is 7.11 Å². The van der Waals surface area contributed by atoms with Gasteiger partial charge in [-0.2, -0.15) is 0 Å². The molecular weight excluding hydrogens is 290 g/mol. The van der Waals surface area contributed by atoms with Crippen molar-refractivity contribution in [2.45, 2.75) is 31.9 Å². The summed E-state index contributed by atoms with van der Waals surface area (Å²) in [4.78, 5) is 12.1. The Morgan fingerprint density at radius 3 is 2.61 bits per heavy atom. The highest BCUT2D eigenvalue weighted by atomic mass is 16.5. The normalized spacial score (nSPS) is 13.2. The SMILES string of the molecule is COc1cccc(CC(=O)N[C@@H](C)C[C@@H](O)c2ccccc2)c1. The minimum Gasteiger partial charge on any atom is -0.497 e. The molecule has 0 heterocycles. The topological polar surface area (TPSA) is 58.6 Å². The lowest BCUT2D eigenvalue weighted by Crippen LogP contribution is -2.34. The summed E-state index contributed by atoms with van der Waals surface area (Å²) in [6, 6.07) is 16.8. The van der Waals surface area contributed by atoms with E-state index in [-0.39, 0.29) is 11.9 Å². The summed E-state index contributed by atoms with van der Waals surface area (Å²) < 4.78 is 5.15. The van der Waals surface area contributed by atoms with E-state index in [9.17, 15) is 9.90 Å². The van der Waals surface area contributed by atoms with Crippen LogP contribution in [0.4, 0.5) is 0 Å². The molecule has 0 fully saturated rings. The predicted octanol–water partition coefficient (Wildman–Crippen LogP) is 2.87. The maximum atomic E-state index is 12.1. The van der Waals surface area contributed by atoms with Gasteiger partial charge in [0.15, 0.2) is 0 Å². The highest BCUT2D eigenvalue weighted by molar-refractivity contribution is 5.78. The van der Waals surface area contributed by atoms with Gasteiger partial charge in [-0.05, 0) is 36.6 Å². The summed E-state index contributed by atoms with van der Waals surface area (Å²) in [5.41, 5.74) is 1.76. The molecular formula is C19H23NO3. The van der Waals surface area contributed by atoms with Crippen LogP contribution in [0.15, 0.2) is 54.6 Å². The van der Waals surface area contributed by atoms with Crippen molar-refractivity contribution in [3.63, 3.8) is 0 Å². The van der Waals surface area contributed by atoms with Crippen LogP contribution in [0.1, 0.15) is 30.6 Å². The molecule has 0 aliphatic heterocycles. The summed E-state index contributed by atoms with van der Waals surface area (Å²) in [6.45, 7) is 1.90. The van der Waals surface area contributed by atoms with Crippen LogP contribution in [-0.4, -0.2) is 24.2 Å². The van der Waals surface area contributed by atoms with Gasteiger partial charge in [0.05, 0.1) is 19.6 Å². The van der Waals surface area contributed by atoms with Gasteiger partial charge in [-0.15, -0.1) is 0 Å². The van der Waals surface area contributed by atoms with E-state index in [0.29, 0.717) is 12.8 Å². The van der Waals surface area contributed by atoms with Crippen molar-refractivity contribution in [2.24, 2.45) is 0 Å². The fourth-order valence-electron chi connectivity index (χ4n) is 2.50. The average molecular weight is 313 g/mol. The summed E-state index contributed by atoms with van der Waals surface area (Å²) >= 11 is 0. The molecule has 0 aromatic heterocycles. The number of nitrogens with one attached hydrogen (secondary N) is 1. The van der Waals surface area contributed by atoms with Crippen LogP contribution >= 0.6 is 0 Å². The number of aliphatic hydroxyl groups is 1. The zero-order chi connectivity index (χ0) is 16.7. The Labute approximate surface area is 137 Å². The van der Waals surface area contributed by atoms with Crippen LogP contribution in [0.5, 0.6) is 5.75 Å². The second-order valence-electron chi connectivity index (χ2n) is 5.66. The molecule has 0 saturated heterocycles. The van der Waals surface area contributed by atoms with Crippen molar-refractivity contribution in [1.29, 1.82) is 0 Å². The molecule has 0 aliphatic carbocycles. The second-order valence-corrected chi connectivity index (χ2v) is 5.66.